The van der Waals surface area contributed by atoms with Gasteiger partial charge < -0.3 is 10.2 Å². The third kappa shape index (κ3) is 4.09. The molecule has 0 saturated carbocycles. The van der Waals surface area contributed by atoms with E-state index in [1.54, 1.807) is 35.2 Å². The Labute approximate surface area is 178 Å². The average molecular weight is 416 g/mol. The summed E-state index contributed by atoms with van der Waals surface area (Å²) in [5.74, 6) is 0.390. The molecule has 1 aliphatic heterocycles. The number of anilines is 1. The molecule has 0 unspecified atom stereocenters. The minimum absolute atomic E-state index is 0.0819. The van der Waals surface area contributed by atoms with Gasteiger partial charge in [-0.05, 0) is 48.4 Å². The number of hydrogen-bond donors (Lipinski definition) is 1. The lowest BCUT2D eigenvalue weighted by Crippen LogP contribution is -2.38. The second kappa shape index (κ2) is 8.14. The average Bonchev–Trinajstić information content (AvgIpc) is 3.40. The first kappa shape index (κ1) is 19.2. The first-order chi connectivity index (χ1) is 15.2. The van der Waals surface area contributed by atoms with E-state index in [1.807, 2.05) is 36.4 Å². The number of rotatable bonds is 5. The highest BCUT2D eigenvalue weighted by Crippen LogP contribution is 2.35. The van der Waals surface area contributed by atoms with Crippen molar-refractivity contribution in [1.29, 1.82) is 0 Å². The van der Waals surface area contributed by atoms with Crippen LogP contribution in [0.2, 0.25) is 0 Å². The monoisotopic (exact) mass is 416 g/mol. The van der Waals surface area contributed by atoms with Crippen molar-refractivity contribution in [1.82, 2.24) is 24.9 Å². The van der Waals surface area contributed by atoms with E-state index in [2.05, 4.69) is 25.3 Å². The van der Waals surface area contributed by atoms with Gasteiger partial charge in [0.15, 0.2) is 5.65 Å². The van der Waals surface area contributed by atoms with Gasteiger partial charge >= 0.3 is 0 Å². The number of aromatic nitrogens is 4. The van der Waals surface area contributed by atoms with Crippen molar-refractivity contribution in [3.8, 4) is 0 Å². The smallest absolute Gasteiger partial charge is 0.226 e. The number of nitrogens with one attached hydrogen (secondary N) is 1. The Balaban J connectivity index is 1.39. The van der Waals surface area contributed by atoms with Gasteiger partial charge in [0.25, 0.3) is 0 Å². The molecule has 0 radical (unpaired) electrons. The van der Waals surface area contributed by atoms with Gasteiger partial charge in [-0.2, -0.15) is 0 Å². The Hall–Kier alpha value is -3.81. The molecule has 1 aliphatic rings. The molecule has 0 spiro atoms. The van der Waals surface area contributed by atoms with Crippen molar-refractivity contribution in [2.75, 3.05) is 11.4 Å². The zero-order valence-corrected chi connectivity index (χ0v) is 16.7. The minimum Gasteiger partial charge on any atom is -0.351 e. The SMILES string of the molecule is O=C(Cc1ccccn1)N[C@H]1C[C@H](c2cccc(F)c2)N(c2ccc3nccn3n2)C1. The number of imidazole rings is 1. The second-order valence-corrected chi connectivity index (χ2v) is 7.64. The highest BCUT2D eigenvalue weighted by Gasteiger charge is 2.35. The number of pyridine rings is 1. The maximum absolute atomic E-state index is 13.9. The van der Waals surface area contributed by atoms with Crippen molar-refractivity contribution < 1.29 is 9.18 Å². The molecule has 0 bridgehead atoms. The molecule has 0 aliphatic carbocycles. The van der Waals surface area contributed by atoms with E-state index < -0.39 is 0 Å². The third-order valence-corrected chi connectivity index (χ3v) is 5.50. The van der Waals surface area contributed by atoms with E-state index in [-0.39, 0.29) is 30.2 Å². The van der Waals surface area contributed by atoms with Gasteiger partial charge in [0.2, 0.25) is 5.91 Å². The molecular formula is C23H21FN6O. The summed E-state index contributed by atoms with van der Waals surface area (Å²) in [6, 6.07) is 15.7. The maximum Gasteiger partial charge on any atom is 0.226 e. The number of halogens is 1. The molecule has 8 heteroatoms. The first-order valence-corrected chi connectivity index (χ1v) is 10.2. The van der Waals surface area contributed by atoms with Crippen LogP contribution in [0, 0.1) is 5.82 Å². The number of fused-ring (bicyclic) bond motifs is 1. The van der Waals surface area contributed by atoms with E-state index in [0.717, 1.165) is 22.7 Å². The fraction of sp³-hybridized carbons (Fsp3) is 0.217. The van der Waals surface area contributed by atoms with E-state index in [9.17, 15) is 9.18 Å². The topological polar surface area (TPSA) is 75.4 Å². The minimum atomic E-state index is -0.280. The summed E-state index contributed by atoms with van der Waals surface area (Å²) in [6.07, 6.45) is 6.04. The quantitative estimate of drug-likeness (QED) is 0.541. The largest absolute Gasteiger partial charge is 0.351 e. The molecule has 1 fully saturated rings. The molecule has 1 saturated heterocycles. The van der Waals surface area contributed by atoms with Gasteiger partial charge in [-0.3, -0.25) is 9.78 Å². The van der Waals surface area contributed by atoms with Gasteiger partial charge in [0.1, 0.15) is 11.6 Å². The predicted molar refractivity (Wildman–Crippen MR) is 114 cm³/mol. The molecule has 3 aromatic heterocycles. The normalized spacial score (nSPS) is 18.4. The zero-order valence-electron chi connectivity index (χ0n) is 16.7. The molecule has 156 valence electrons. The highest BCUT2D eigenvalue weighted by molar-refractivity contribution is 5.78. The summed E-state index contributed by atoms with van der Waals surface area (Å²) in [6.45, 7) is 0.572. The molecule has 4 heterocycles. The van der Waals surface area contributed by atoms with Gasteiger partial charge in [-0.1, -0.05) is 18.2 Å². The molecule has 1 amide bonds. The molecular weight excluding hydrogens is 395 g/mol. The van der Waals surface area contributed by atoms with Gasteiger partial charge in [-0.15, -0.1) is 5.10 Å². The third-order valence-electron chi connectivity index (χ3n) is 5.50. The molecule has 4 aromatic rings. The maximum atomic E-state index is 13.9. The Morgan fingerprint density at radius 3 is 2.87 bits per heavy atom. The van der Waals surface area contributed by atoms with E-state index in [0.29, 0.717) is 13.0 Å². The zero-order chi connectivity index (χ0) is 21.2. The predicted octanol–water partition coefficient (Wildman–Crippen LogP) is 2.94. The lowest BCUT2D eigenvalue weighted by molar-refractivity contribution is -0.121. The molecule has 2 atom stereocenters. The van der Waals surface area contributed by atoms with Crippen molar-refractivity contribution in [2.45, 2.75) is 24.9 Å². The number of amides is 1. The summed E-state index contributed by atoms with van der Waals surface area (Å²) in [7, 11) is 0. The van der Waals surface area contributed by atoms with Crippen LogP contribution >= 0.6 is 0 Å². The van der Waals surface area contributed by atoms with Gasteiger partial charge in [-0.25, -0.2) is 13.9 Å². The number of carbonyl (C=O) groups is 1. The lowest BCUT2D eigenvalue weighted by atomic mass is 10.0. The van der Waals surface area contributed by atoms with Crippen LogP contribution in [-0.4, -0.2) is 38.1 Å². The van der Waals surface area contributed by atoms with Crippen molar-refractivity contribution in [2.24, 2.45) is 0 Å². The molecule has 31 heavy (non-hydrogen) atoms. The summed E-state index contributed by atoms with van der Waals surface area (Å²) in [5.41, 5.74) is 2.34. The molecule has 7 nitrogen and oxygen atoms in total. The Bertz CT molecular complexity index is 1210. The van der Waals surface area contributed by atoms with Crippen LogP contribution < -0.4 is 10.2 Å². The van der Waals surface area contributed by atoms with Crippen molar-refractivity contribution in [3.05, 3.63) is 90.3 Å². The molecule has 5 rings (SSSR count). The van der Waals surface area contributed by atoms with Gasteiger partial charge in [0.05, 0.1) is 12.5 Å². The van der Waals surface area contributed by atoms with E-state index in [4.69, 9.17) is 0 Å². The van der Waals surface area contributed by atoms with Crippen LogP contribution in [0.1, 0.15) is 23.7 Å². The van der Waals surface area contributed by atoms with Crippen LogP contribution in [-0.2, 0) is 11.2 Å². The number of nitrogens with zero attached hydrogens (tertiary/aromatic N) is 5. The van der Waals surface area contributed by atoms with Gasteiger partial charge in [0, 0.05) is 36.9 Å². The van der Waals surface area contributed by atoms with Crippen LogP contribution in [0.5, 0.6) is 0 Å². The second-order valence-electron chi connectivity index (χ2n) is 7.64. The summed E-state index contributed by atoms with van der Waals surface area (Å²) in [5, 5.41) is 7.77. The Morgan fingerprint density at radius 2 is 2.03 bits per heavy atom. The van der Waals surface area contributed by atoms with E-state index in [1.165, 1.54) is 6.07 Å². The van der Waals surface area contributed by atoms with E-state index >= 15 is 0 Å². The Morgan fingerprint density at radius 1 is 1.10 bits per heavy atom. The fourth-order valence-electron chi connectivity index (χ4n) is 4.13. The number of carbonyl (C=O) groups excluding carboxylic acids is 1. The van der Waals surface area contributed by atoms with Crippen LogP contribution in [0.3, 0.4) is 0 Å². The lowest BCUT2D eigenvalue weighted by Gasteiger charge is -2.25. The number of hydrogen-bond acceptors (Lipinski definition) is 5. The standard InChI is InChI=1S/C23H21FN6O/c24-17-5-3-4-16(12-17)20-13-19(27-23(31)14-18-6-1-2-9-25-18)15-29(20)22-8-7-21-26-10-11-30(21)28-22/h1-12,19-20H,13-15H2,(H,27,31)/t19-,20+/m0/s1. The Kier molecular flexibility index (Phi) is 5.03. The fourth-order valence-corrected chi connectivity index (χ4v) is 4.13. The van der Waals surface area contributed by atoms with Crippen molar-refractivity contribution >= 4 is 17.4 Å². The summed E-state index contributed by atoms with van der Waals surface area (Å²) in [4.78, 5) is 23.2. The summed E-state index contributed by atoms with van der Waals surface area (Å²) < 4.78 is 15.7. The summed E-state index contributed by atoms with van der Waals surface area (Å²) >= 11 is 0. The van der Waals surface area contributed by atoms with Crippen LogP contribution in [0.25, 0.3) is 5.65 Å². The van der Waals surface area contributed by atoms with Crippen LogP contribution in [0.15, 0.2) is 73.2 Å². The first-order valence-electron chi connectivity index (χ1n) is 10.2. The van der Waals surface area contributed by atoms with Crippen molar-refractivity contribution in [3.63, 3.8) is 0 Å². The van der Waals surface area contributed by atoms with Crippen LogP contribution in [0.4, 0.5) is 10.2 Å². The number of benzene rings is 1. The molecule has 1 N–H and O–H groups in total. The highest BCUT2D eigenvalue weighted by atomic mass is 19.1. The molecule has 1 aromatic carbocycles.